The van der Waals surface area contributed by atoms with Crippen LogP contribution < -0.4 is 5.32 Å². The first kappa shape index (κ1) is 12.5. The third kappa shape index (κ3) is 1.98. The second-order valence-electron chi connectivity index (χ2n) is 9.11. The molecule has 2 aliphatic heterocycles. The zero-order valence-electron chi connectivity index (χ0n) is 12.8. The monoisotopic (exact) mass is 274 g/mol. The normalized spacial score (nSPS) is 53.7. The molecule has 2 nitrogen and oxygen atoms in total. The van der Waals surface area contributed by atoms with Crippen LogP contribution in [0.25, 0.3) is 0 Å². The Balaban J connectivity index is 1.22. The summed E-state index contributed by atoms with van der Waals surface area (Å²) >= 11 is 0. The van der Waals surface area contributed by atoms with Gasteiger partial charge in [-0.15, -0.1) is 0 Å². The third-order valence-corrected chi connectivity index (χ3v) is 7.59. The number of rotatable bonds is 3. The van der Waals surface area contributed by atoms with Gasteiger partial charge in [-0.2, -0.15) is 0 Å². The smallest absolute Gasteiger partial charge is 0.00255 e. The van der Waals surface area contributed by atoms with Crippen LogP contribution in [0.2, 0.25) is 0 Å². The van der Waals surface area contributed by atoms with Crippen LogP contribution in [0.1, 0.15) is 44.9 Å². The standard InChI is InChI=1S/C18H30N2/c1(2-20-11-16-9-19-10-17(16)12-20)18-6-13-3-14(7-18)5-15(4-13)8-18/h13-17,19H,1-12H2/t13?,14?,15?,16-,17+,18?. The Labute approximate surface area is 123 Å². The van der Waals surface area contributed by atoms with Gasteiger partial charge in [-0.3, -0.25) is 0 Å². The maximum absolute atomic E-state index is 3.57. The van der Waals surface area contributed by atoms with Gasteiger partial charge >= 0.3 is 0 Å². The Kier molecular flexibility index (Phi) is 2.78. The zero-order chi connectivity index (χ0) is 13.2. The summed E-state index contributed by atoms with van der Waals surface area (Å²) in [5.41, 5.74) is 0.796. The molecule has 6 rings (SSSR count). The molecule has 0 radical (unpaired) electrons. The Morgan fingerprint density at radius 3 is 1.95 bits per heavy atom. The summed E-state index contributed by atoms with van der Waals surface area (Å²) in [5, 5.41) is 3.57. The lowest BCUT2D eigenvalue weighted by Gasteiger charge is -2.57. The van der Waals surface area contributed by atoms with Crippen molar-refractivity contribution in [2.75, 3.05) is 32.7 Å². The first-order valence-electron chi connectivity index (χ1n) is 9.21. The maximum Gasteiger partial charge on any atom is 0.00255 e. The molecule has 0 aromatic heterocycles. The fraction of sp³-hybridized carbons (Fsp3) is 1.00. The van der Waals surface area contributed by atoms with E-state index in [1.165, 1.54) is 39.1 Å². The Hall–Kier alpha value is -0.0800. The third-order valence-electron chi connectivity index (χ3n) is 7.59. The first-order chi connectivity index (χ1) is 9.78. The lowest BCUT2D eigenvalue weighted by molar-refractivity contribution is -0.0605. The van der Waals surface area contributed by atoms with Crippen molar-refractivity contribution in [3.8, 4) is 0 Å². The molecule has 20 heavy (non-hydrogen) atoms. The van der Waals surface area contributed by atoms with Gasteiger partial charge in [-0.05, 0) is 99.6 Å². The van der Waals surface area contributed by atoms with Gasteiger partial charge in [0.2, 0.25) is 0 Å². The molecule has 0 aromatic carbocycles. The minimum absolute atomic E-state index is 0.796. The van der Waals surface area contributed by atoms with Crippen LogP contribution in [0.3, 0.4) is 0 Å². The van der Waals surface area contributed by atoms with E-state index < -0.39 is 0 Å². The highest BCUT2D eigenvalue weighted by Gasteiger charge is 2.50. The summed E-state index contributed by atoms with van der Waals surface area (Å²) < 4.78 is 0. The van der Waals surface area contributed by atoms with Crippen LogP contribution in [-0.4, -0.2) is 37.6 Å². The van der Waals surface area contributed by atoms with Crippen molar-refractivity contribution in [2.24, 2.45) is 35.0 Å². The molecule has 6 fully saturated rings. The van der Waals surface area contributed by atoms with E-state index in [9.17, 15) is 0 Å². The summed E-state index contributed by atoms with van der Waals surface area (Å²) in [6.45, 7) is 6.78. The number of nitrogens with zero attached hydrogens (tertiary/aromatic N) is 1. The molecule has 6 aliphatic rings. The predicted molar refractivity (Wildman–Crippen MR) is 81.5 cm³/mol. The van der Waals surface area contributed by atoms with Crippen LogP contribution in [0.4, 0.5) is 0 Å². The molecule has 0 spiro atoms. The van der Waals surface area contributed by atoms with Crippen molar-refractivity contribution in [1.82, 2.24) is 10.2 Å². The van der Waals surface area contributed by atoms with Gasteiger partial charge in [0.05, 0.1) is 0 Å². The molecular formula is C18H30N2. The van der Waals surface area contributed by atoms with E-state index in [2.05, 4.69) is 10.2 Å². The minimum atomic E-state index is 0.796. The Bertz CT molecular complexity index is 344. The SMILES string of the molecule is C1C2CC3CC1CC(CCN1C[C@H]4CNC[C@H]4C1)(C2)C3. The largest absolute Gasteiger partial charge is 0.316 e. The van der Waals surface area contributed by atoms with Crippen LogP contribution in [0.15, 0.2) is 0 Å². The van der Waals surface area contributed by atoms with Crippen molar-refractivity contribution < 1.29 is 0 Å². The number of likely N-dealkylation sites (tertiary alicyclic amines) is 1. The quantitative estimate of drug-likeness (QED) is 0.851. The van der Waals surface area contributed by atoms with Gasteiger partial charge < -0.3 is 10.2 Å². The number of nitrogens with one attached hydrogen (secondary N) is 1. The highest BCUT2D eigenvalue weighted by atomic mass is 15.2. The molecule has 0 amide bonds. The molecule has 0 aromatic rings. The summed E-state index contributed by atoms with van der Waals surface area (Å²) in [5.74, 6) is 5.34. The van der Waals surface area contributed by atoms with Crippen molar-refractivity contribution in [2.45, 2.75) is 44.9 Å². The predicted octanol–water partition coefficient (Wildman–Crippen LogP) is 2.74. The summed E-state index contributed by atoms with van der Waals surface area (Å²) in [7, 11) is 0. The molecule has 2 saturated heterocycles. The molecule has 2 heteroatoms. The van der Waals surface area contributed by atoms with Gasteiger partial charge in [-0.25, -0.2) is 0 Å². The highest BCUT2D eigenvalue weighted by Crippen LogP contribution is 2.61. The minimum Gasteiger partial charge on any atom is -0.316 e. The first-order valence-corrected chi connectivity index (χ1v) is 9.21. The van der Waals surface area contributed by atoms with Gasteiger partial charge in [0.25, 0.3) is 0 Å². The molecule has 1 N–H and O–H groups in total. The Morgan fingerprint density at radius 1 is 0.850 bits per heavy atom. The van der Waals surface area contributed by atoms with E-state index in [4.69, 9.17) is 0 Å². The molecule has 0 unspecified atom stereocenters. The topological polar surface area (TPSA) is 15.3 Å². The van der Waals surface area contributed by atoms with E-state index in [-0.39, 0.29) is 0 Å². The van der Waals surface area contributed by atoms with Gasteiger partial charge in [0, 0.05) is 13.1 Å². The van der Waals surface area contributed by atoms with Crippen molar-refractivity contribution in [3.05, 3.63) is 0 Å². The van der Waals surface area contributed by atoms with Crippen molar-refractivity contribution in [3.63, 3.8) is 0 Å². The summed E-state index contributed by atoms with van der Waals surface area (Å²) in [6.07, 6.45) is 11.1. The zero-order valence-corrected chi connectivity index (χ0v) is 12.8. The number of hydrogen-bond acceptors (Lipinski definition) is 2. The highest BCUT2D eigenvalue weighted by molar-refractivity contribution is 5.02. The average molecular weight is 274 g/mol. The van der Waals surface area contributed by atoms with E-state index in [0.717, 1.165) is 35.0 Å². The van der Waals surface area contributed by atoms with Crippen LogP contribution >= 0.6 is 0 Å². The van der Waals surface area contributed by atoms with E-state index in [1.54, 1.807) is 38.5 Å². The second kappa shape index (κ2) is 4.46. The summed E-state index contributed by atoms with van der Waals surface area (Å²) in [6, 6.07) is 0. The van der Waals surface area contributed by atoms with Crippen LogP contribution in [-0.2, 0) is 0 Å². The van der Waals surface area contributed by atoms with E-state index in [1.807, 2.05) is 0 Å². The van der Waals surface area contributed by atoms with Gasteiger partial charge in [0.1, 0.15) is 0 Å². The molecule has 4 saturated carbocycles. The van der Waals surface area contributed by atoms with Gasteiger partial charge in [0.15, 0.2) is 0 Å². The van der Waals surface area contributed by atoms with Gasteiger partial charge in [-0.1, -0.05) is 0 Å². The lowest BCUT2D eigenvalue weighted by Crippen LogP contribution is -2.47. The van der Waals surface area contributed by atoms with Crippen molar-refractivity contribution >= 4 is 0 Å². The van der Waals surface area contributed by atoms with E-state index in [0.29, 0.717) is 0 Å². The molecule has 2 atom stereocenters. The maximum atomic E-state index is 3.57. The molecule has 112 valence electrons. The van der Waals surface area contributed by atoms with E-state index >= 15 is 0 Å². The fourth-order valence-corrected chi connectivity index (χ4v) is 7.13. The second-order valence-corrected chi connectivity index (χ2v) is 9.11. The molecular weight excluding hydrogens is 244 g/mol. The van der Waals surface area contributed by atoms with Crippen LogP contribution in [0, 0.1) is 35.0 Å². The number of hydrogen-bond donors (Lipinski definition) is 1. The average Bonchev–Trinajstić information content (AvgIpc) is 2.95. The Morgan fingerprint density at radius 2 is 1.40 bits per heavy atom. The van der Waals surface area contributed by atoms with Crippen LogP contribution in [0.5, 0.6) is 0 Å². The molecule has 4 bridgehead atoms. The lowest BCUT2D eigenvalue weighted by atomic mass is 9.49. The summed E-state index contributed by atoms with van der Waals surface area (Å²) in [4.78, 5) is 2.81. The van der Waals surface area contributed by atoms with Crippen molar-refractivity contribution in [1.29, 1.82) is 0 Å². The molecule has 2 heterocycles. The number of fused-ring (bicyclic) bond motifs is 1. The fourth-order valence-electron chi connectivity index (χ4n) is 7.13. The molecule has 4 aliphatic carbocycles.